The molecule has 0 fully saturated rings. The predicted octanol–water partition coefficient (Wildman–Crippen LogP) is 3.64. The van der Waals surface area contributed by atoms with Crippen molar-refractivity contribution in [2.75, 3.05) is 0 Å². The molecule has 0 bridgehead atoms. The Bertz CT molecular complexity index is 1310. The van der Waals surface area contributed by atoms with Crippen LogP contribution < -0.4 is 9.60 Å². The fourth-order valence-corrected chi connectivity index (χ4v) is 5.07. The van der Waals surface area contributed by atoms with Crippen molar-refractivity contribution in [1.29, 1.82) is 0 Å². The summed E-state index contributed by atoms with van der Waals surface area (Å²) in [5.74, 6) is 0. The van der Waals surface area contributed by atoms with E-state index < -0.39 is 10.0 Å². The van der Waals surface area contributed by atoms with Crippen LogP contribution in [-0.2, 0) is 23.1 Å². The molecule has 148 valence electrons. The lowest BCUT2D eigenvalue weighted by molar-refractivity contribution is 0.581. The van der Waals surface area contributed by atoms with Gasteiger partial charge < -0.3 is 0 Å². The number of halogens is 1. The predicted molar refractivity (Wildman–Crippen MR) is 115 cm³/mol. The molecular formula is C20H16ClN3O3S2. The third-order valence-electron chi connectivity index (χ3n) is 4.42. The van der Waals surface area contributed by atoms with Crippen molar-refractivity contribution in [2.24, 2.45) is 0 Å². The second-order valence-corrected chi connectivity index (χ2v) is 9.59. The summed E-state index contributed by atoms with van der Waals surface area (Å²) in [5.41, 5.74) is 2.44. The molecule has 0 atom stereocenters. The number of thiazole rings is 1. The Morgan fingerprint density at radius 2 is 1.72 bits per heavy atom. The maximum Gasteiger partial charge on any atom is 0.308 e. The van der Waals surface area contributed by atoms with Crippen LogP contribution in [0.5, 0.6) is 0 Å². The Hall–Kier alpha value is -2.52. The second-order valence-electron chi connectivity index (χ2n) is 6.39. The monoisotopic (exact) mass is 445 g/mol. The van der Waals surface area contributed by atoms with E-state index in [4.69, 9.17) is 11.6 Å². The SMILES string of the molecule is O=c1sc2cc(S(=O)(=O)NCc3ccncc3)ccc2n1Cc1ccc(Cl)cc1. The van der Waals surface area contributed by atoms with E-state index >= 15 is 0 Å². The normalized spacial score (nSPS) is 11.8. The van der Waals surface area contributed by atoms with Gasteiger partial charge in [0.25, 0.3) is 0 Å². The molecule has 2 heterocycles. The van der Waals surface area contributed by atoms with Crippen molar-refractivity contribution >= 4 is 43.2 Å². The van der Waals surface area contributed by atoms with Gasteiger partial charge >= 0.3 is 4.87 Å². The zero-order chi connectivity index (χ0) is 20.4. The van der Waals surface area contributed by atoms with E-state index in [9.17, 15) is 13.2 Å². The van der Waals surface area contributed by atoms with Crippen molar-refractivity contribution in [3.05, 3.63) is 92.8 Å². The van der Waals surface area contributed by atoms with Gasteiger partial charge in [-0.25, -0.2) is 13.1 Å². The number of nitrogens with one attached hydrogen (secondary N) is 1. The number of hydrogen-bond donors (Lipinski definition) is 1. The minimum Gasteiger partial charge on any atom is -0.294 e. The van der Waals surface area contributed by atoms with E-state index in [-0.39, 0.29) is 16.3 Å². The maximum atomic E-state index is 12.6. The van der Waals surface area contributed by atoms with Crippen LogP contribution in [0.2, 0.25) is 5.02 Å². The van der Waals surface area contributed by atoms with E-state index in [1.807, 2.05) is 12.1 Å². The van der Waals surface area contributed by atoms with Crippen molar-refractivity contribution in [3.63, 3.8) is 0 Å². The Balaban J connectivity index is 1.61. The quantitative estimate of drug-likeness (QED) is 0.491. The van der Waals surface area contributed by atoms with Gasteiger partial charge in [0.15, 0.2) is 0 Å². The molecule has 0 saturated heterocycles. The standard InChI is InChI=1S/C20H16ClN3O3S2/c21-16-3-1-15(2-4-16)13-24-18-6-5-17(11-19(18)28-20(24)25)29(26,27)23-12-14-7-9-22-10-8-14/h1-11,23H,12-13H2. The number of benzene rings is 2. The zero-order valence-corrected chi connectivity index (χ0v) is 17.5. The fourth-order valence-electron chi connectivity index (χ4n) is 2.90. The van der Waals surface area contributed by atoms with Gasteiger partial charge in [0.1, 0.15) is 0 Å². The number of fused-ring (bicyclic) bond motifs is 1. The van der Waals surface area contributed by atoms with E-state index in [1.54, 1.807) is 47.3 Å². The number of sulfonamides is 1. The lowest BCUT2D eigenvalue weighted by Crippen LogP contribution is -2.23. The highest BCUT2D eigenvalue weighted by atomic mass is 35.5. The molecule has 0 aliphatic carbocycles. The topological polar surface area (TPSA) is 81.1 Å². The van der Waals surface area contributed by atoms with E-state index in [0.717, 1.165) is 22.5 Å². The molecule has 0 spiro atoms. The average molecular weight is 446 g/mol. The molecule has 6 nitrogen and oxygen atoms in total. The first kappa shape index (κ1) is 19.8. The average Bonchev–Trinajstić information content (AvgIpc) is 3.03. The van der Waals surface area contributed by atoms with Gasteiger partial charge in [-0.05, 0) is 53.6 Å². The van der Waals surface area contributed by atoms with E-state index in [1.165, 1.54) is 12.1 Å². The molecule has 2 aromatic heterocycles. The number of aromatic nitrogens is 2. The van der Waals surface area contributed by atoms with Crippen LogP contribution in [0.4, 0.5) is 0 Å². The summed E-state index contributed by atoms with van der Waals surface area (Å²) < 4.78 is 30.1. The van der Waals surface area contributed by atoms with Crippen molar-refractivity contribution in [3.8, 4) is 0 Å². The summed E-state index contributed by atoms with van der Waals surface area (Å²) in [6.45, 7) is 0.555. The van der Waals surface area contributed by atoms with Gasteiger partial charge in [-0.2, -0.15) is 0 Å². The van der Waals surface area contributed by atoms with Crippen LogP contribution in [0.15, 0.2) is 76.7 Å². The lowest BCUT2D eigenvalue weighted by atomic mass is 10.2. The van der Waals surface area contributed by atoms with Crippen molar-refractivity contribution in [1.82, 2.24) is 14.3 Å². The summed E-state index contributed by atoms with van der Waals surface area (Å²) in [7, 11) is -3.71. The summed E-state index contributed by atoms with van der Waals surface area (Å²) in [6, 6.07) is 15.5. The summed E-state index contributed by atoms with van der Waals surface area (Å²) in [6.07, 6.45) is 3.22. The Morgan fingerprint density at radius 1 is 1.00 bits per heavy atom. The molecule has 2 aromatic carbocycles. The molecule has 1 N–H and O–H groups in total. The van der Waals surface area contributed by atoms with E-state index in [2.05, 4.69) is 9.71 Å². The van der Waals surface area contributed by atoms with Gasteiger partial charge in [-0.3, -0.25) is 14.3 Å². The van der Waals surface area contributed by atoms with Gasteiger partial charge in [0.05, 0.1) is 21.7 Å². The first-order valence-corrected chi connectivity index (χ1v) is 11.4. The first-order valence-electron chi connectivity index (χ1n) is 8.69. The number of pyridine rings is 1. The zero-order valence-electron chi connectivity index (χ0n) is 15.1. The van der Waals surface area contributed by atoms with Gasteiger partial charge in [-0.1, -0.05) is 35.1 Å². The smallest absolute Gasteiger partial charge is 0.294 e. The Morgan fingerprint density at radius 3 is 2.45 bits per heavy atom. The third-order valence-corrected chi connectivity index (χ3v) is 7.01. The van der Waals surface area contributed by atoms with Crippen LogP contribution in [0.3, 0.4) is 0 Å². The second kappa shape index (κ2) is 8.08. The highest BCUT2D eigenvalue weighted by molar-refractivity contribution is 7.89. The van der Waals surface area contributed by atoms with Gasteiger partial charge in [0.2, 0.25) is 10.0 Å². The maximum absolute atomic E-state index is 12.6. The highest BCUT2D eigenvalue weighted by Gasteiger charge is 2.17. The Kier molecular flexibility index (Phi) is 5.51. The number of hydrogen-bond acceptors (Lipinski definition) is 5. The Labute approximate surface area is 176 Å². The molecule has 29 heavy (non-hydrogen) atoms. The molecule has 4 rings (SSSR count). The van der Waals surface area contributed by atoms with Gasteiger partial charge in [0, 0.05) is 24.0 Å². The molecule has 0 unspecified atom stereocenters. The fraction of sp³-hybridized carbons (Fsp3) is 0.100. The lowest BCUT2D eigenvalue weighted by Gasteiger charge is -2.08. The summed E-state index contributed by atoms with van der Waals surface area (Å²) >= 11 is 6.94. The van der Waals surface area contributed by atoms with Crippen LogP contribution in [0.1, 0.15) is 11.1 Å². The van der Waals surface area contributed by atoms with Gasteiger partial charge in [-0.15, -0.1) is 0 Å². The largest absolute Gasteiger partial charge is 0.308 e. The van der Waals surface area contributed by atoms with Crippen LogP contribution in [0.25, 0.3) is 10.2 Å². The molecule has 9 heteroatoms. The molecule has 4 aromatic rings. The highest BCUT2D eigenvalue weighted by Crippen LogP contribution is 2.23. The number of rotatable bonds is 6. The molecule has 0 amide bonds. The summed E-state index contributed by atoms with van der Waals surface area (Å²) in [5, 5.41) is 0.630. The third kappa shape index (κ3) is 4.40. The first-order chi connectivity index (χ1) is 13.9. The minimum atomic E-state index is -3.71. The summed E-state index contributed by atoms with van der Waals surface area (Å²) in [4.78, 5) is 16.4. The van der Waals surface area contributed by atoms with Crippen LogP contribution in [-0.4, -0.2) is 18.0 Å². The minimum absolute atomic E-state index is 0.124. The van der Waals surface area contributed by atoms with Crippen LogP contribution >= 0.6 is 22.9 Å². The molecular weight excluding hydrogens is 430 g/mol. The molecule has 0 radical (unpaired) electrons. The number of nitrogens with zero attached hydrogens (tertiary/aromatic N) is 2. The van der Waals surface area contributed by atoms with Crippen molar-refractivity contribution < 1.29 is 8.42 Å². The van der Waals surface area contributed by atoms with E-state index in [0.29, 0.717) is 21.8 Å². The molecule has 0 aliphatic rings. The molecule has 0 aliphatic heterocycles. The van der Waals surface area contributed by atoms with Crippen molar-refractivity contribution in [2.45, 2.75) is 18.0 Å². The molecule has 0 saturated carbocycles. The van der Waals surface area contributed by atoms with Crippen LogP contribution in [0, 0.1) is 0 Å².